The molecule has 0 aliphatic carbocycles. The number of aromatic nitrogens is 1. The van der Waals surface area contributed by atoms with Gasteiger partial charge in [-0.25, -0.2) is 13.1 Å². The number of piperazine rings is 1. The Bertz CT molecular complexity index is 905. The molecule has 0 spiro atoms. The van der Waals surface area contributed by atoms with Crippen LogP contribution in [0.3, 0.4) is 0 Å². The molecule has 1 saturated heterocycles. The summed E-state index contributed by atoms with van der Waals surface area (Å²) in [4.78, 5) is 19.1. The van der Waals surface area contributed by atoms with E-state index < -0.39 is 10.0 Å². The van der Waals surface area contributed by atoms with E-state index in [0.717, 1.165) is 5.56 Å². The van der Waals surface area contributed by atoms with Crippen molar-refractivity contribution in [3.63, 3.8) is 0 Å². The highest BCUT2D eigenvalue weighted by atomic mass is 35.5. The largest absolute Gasteiger partial charge is 0.329 e. The fourth-order valence-corrected chi connectivity index (χ4v) is 4.01. The first-order chi connectivity index (χ1) is 13.0. The molecule has 28 heavy (non-hydrogen) atoms. The van der Waals surface area contributed by atoms with E-state index in [2.05, 4.69) is 21.6 Å². The van der Waals surface area contributed by atoms with Crippen molar-refractivity contribution in [2.24, 2.45) is 0 Å². The Morgan fingerprint density at radius 1 is 1.32 bits per heavy atom. The van der Waals surface area contributed by atoms with Gasteiger partial charge in [0.05, 0.1) is 10.9 Å². The van der Waals surface area contributed by atoms with Crippen molar-refractivity contribution < 1.29 is 13.2 Å². The van der Waals surface area contributed by atoms with E-state index in [0.29, 0.717) is 25.2 Å². The molecule has 1 aromatic heterocycles. The number of rotatable bonds is 6. The summed E-state index contributed by atoms with van der Waals surface area (Å²) in [5.41, 5.74) is 1.42. The van der Waals surface area contributed by atoms with Gasteiger partial charge >= 0.3 is 0 Å². The highest BCUT2D eigenvalue weighted by molar-refractivity contribution is 7.89. The fraction of sp³-hybridized carbons (Fsp3) is 0.263. The summed E-state index contributed by atoms with van der Waals surface area (Å²) in [5.74, 6) is -0.131. The van der Waals surface area contributed by atoms with Crippen LogP contribution in [0.2, 0.25) is 0 Å². The molecule has 9 heteroatoms. The van der Waals surface area contributed by atoms with Crippen molar-refractivity contribution in [1.82, 2.24) is 19.9 Å². The molecule has 2 heterocycles. The van der Waals surface area contributed by atoms with E-state index in [1.807, 2.05) is 12.1 Å². The van der Waals surface area contributed by atoms with Gasteiger partial charge in [-0.15, -0.1) is 19.0 Å². The molecule has 0 saturated carbocycles. The third-order valence-electron chi connectivity index (χ3n) is 4.40. The Morgan fingerprint density at radius 2 is 2.07 bits per heavy atom. The van der Waals surface area contributed by atoms with Gasteiger partial charge in [0, 0.05) is 44.1 Å². The Hall–Kier alpha value is -2.26. The summed E-state index contributed by atoms with van der Waals surface area (Å²) >= 11 is 0. The van der Waals surface area contributed by atoms with E-state index in [1.54, 1.807) is 29.4 Å². The maximum atomic E-state index is 13.0. The summed E-state index contributed by atoms with van der Waals surface area (Å²) in [6.45, 7) is 5.57. The molecule has 2 aromatic rings. The van der Waals surface area contributed by atoms with Crippen LogP contribution < -0.4 is 10.0 Å². The Balaban J connectivity index is 0.00000280. The molecule has 0 radical (unpaired) electrons. The molecule has 7 nitrogen and oxygen atoms in total. The first-order valence-corrected chi connectivity index (χ1v) is 10.1. The normalized spacial score (nSPS) is 16.9. The lowest BCUT2D eigenvalue weighted by Crippen LogP contribution is -2.48. The third-order valence-corrected chi connectivity index (χ3v) is 5.84. The molecule has 2 N–H and O–H groups in total. The van der Waals surface area contributed by atoms with Crippen LogP contribution in [-0.4, -0.2) is 50.4 Å². The summed E-state index contributed by atoms with van der Waals surface area (Å²) in [7, 11) is -3.61. The minimum absolute atomic E-state index is 0. The number of sulfonamides is 1. The number of hydrogen-bond acceptors (Lipinski definition) is 5. The molecule has 1 amide bonds. The lowest BCUT2D eigenvalue weighted by atomic mass is 10.0. The zero-order valence-electron chi connectivity index (χ0n) is 15.2. The van der Waals surface area contributed by atoms with Crippen LogP contribution in [0.1, 0.15) is 22.0 Å². The minimum Gasteiger partial charge on any atom is -0.329 e. The minimum atomic E-state index is -3.61. The van der Waals surface area contributed by atoms with Gasteiger partial charge < -0.3 is 10.2 Å². The molecular weight excluding hydrogens is 400 g/mol. The van der Waals surface area contributed by atoms with Crippen molar-refractivity contribution in [1.29, 1.82) is 0 Å². The predicted molar refractivity (Wildman–Crippen MR) is 110 cm³/mol. The number of halogens is 1. The van der Waals surface area contributed by atoms with Gasteiger partial charge in [0.2, 0.25) is 10.0 Å². The Labute approximate surface area is 171 Å². The fourth-order valence-electron chi connectivity index (χ4n) is 3.01. The van der Waals surface area contributed by atoms with E-state index >= 15 is 0 Å². The molecule has 150 valence electrons. The zero-order valence-corrected chi connectivity index (χ0v) is 16.9. The van der Waals surface area contributed by atoms with Crippen molar-refractivity contribution >= 4 is 28.3 Å². The Morgan fingerprint density at radius 3 is 2.71 bits per heavy atom. The second-order valence-electron chi connectivity index (χ2n) is 6.17. The highest BCUT2D eigenvalue weighted by Gasteiger charge is 2.29. The molecule has 0 bridgehead atoms. The van der Waals surface area contributed by atoms with Gasteiger partial charge in [0.1, 0.15) is 0 Å². The van der Waals surface area contributed by atoms with Crippen LogP contribution in [0.5, 0.6) is 0 Å². The van der Waals surface area contributed by atoms with Gasteiger partial charge in [0.15, 0.2) is 0 Å². The van der Waals surface area contributed by atoms with E-state index in [4.69, 9.17) is 0 Å². The molecule has 1 aliphatic rings. The van der Waals surface area contributed by atoms with Gasteiger partial charge in [-0.2, -0.15) is 0 Å². The predicted octanol–water partition coefficient (Wildman–Crippen LogP) is 1.75. The van der Waals surface area contributed by atoms with E-state index in [-0.39, 0.29) is 35.8 Å². The standard InChI is InChI=1S/C19H22N4O3S.ClH/c1-2-9-22-27(25,26)17-7-5-15(6-8-17)19(24)23-12-11-21-14-18(23)16-4-3-10-20-13-16;/h2-8,10,13,18,21-22H,1,9,11-12,14H2;1H. The second-order valence-corrected chi connectivity index (χ2v) is 7.94. The average molecular weight is 423 g/mol. The molecule has 1 unspecified atom stereocenters. The van der Waals surface area contributed by atoms with Crippen LogP contribution in [0.25, 0.3) is 0 Å². The molecule has 1 aromatic carbocycles. The molecule has 3 rings (SSSR count). The number of nitrogens with one attached hydrogen (secondary N) is 2. The van der Waals surface area contributed by atoms with Gasteiger partial charge in [0.25, 0.3) is 5.91 Å². The summed E-state index contributed by atoms with van der Waals surface area (Å²) < 4.78 is 26.7. The molecule has 1 atom stereocenters. The van der Waals surface area contributed by atoms with Crippen LogP contribution >= 0.6 is 12.4 Å². The Kier molecular flexibility index (Phi) is 7.70. The number of hydrogen-bond donors (Lipinski definition) is 2. The van der Waals surface area contributed by atoms with E-state index in [1.165, 1.54) is 18.2 Å². The van der Waals surface area contributed by atoms with Crippen molar-refractivity contribution in [2.75, 3.05) is 26.2 Å². The van der Waals surface area contributed by atoms with Crippen LogP contribution in [0, 0.1) is 0 Å². The van der Waals surface area contributed by atoms with Crippen LogP contribution in [0.15, 0.2) is 66.3 Å². The summed E-state index contributed by atoms with van der Waals surface area (Å²) in [6.07, 6.45) is 4.93. The van der Waals surface area contributed by atoms with Gasteiger partial charge in [-0.1, -0.05) is 12.1 Å². The van der Waals surface area contributed by atoms with Crippen molar-refractivity contribution in [3.8, 4) is 0 Å². The first-order valence-electron chi connectivity index (χ1n) is 8.65. The zero-order chi connectivity index (χ0) is 19.3. The number of carbonyl (C=O) groups is 1. The van der Waals surface area contributed by atoms with Gasteiger partial charge in [-0.3, -0.25) is 9.78 Å². The number of nitrogens with zero attached hydrogens (tertiary/aromatic N) is 2. The number of benzene rings is 1. The number of amides is 1. The van der Waals surface area contributed by atoms with Crippen molar-refractivity contribution in [2.45, 2.75) is 10.9 Å². The van der Waals surface area contributed by atoms with Crippen LogP contribution in [0.4, 0.5) is 0 Å². The summed E-state index contributed by atoms with van der Waals surface area (Å²) in [5, 5.41) is 3.30. The topological polar surface area (TPSA) is 91.4 Å². The number of carbonyl (C=O) groups excluding carboxylic acids is 1. The lowest BCUT2D eigenvalue weighted by molar-refractivity contribution is 0.0634. The SMILES string of the molecule is C=CCNS(=O)(=O)c1ccc(C(=O)N2CCNCC2c2cccnc2)cc1.Cl. The maximum absolute atomic E-state index is 13.0. The third kappa shape index (κ3) is 4.96. The molecule has 1 fully saturated rings. The van der Waals surface area contributed by atoms with E-state index in [9.17, 15) is 13.2 Å². The molecule has 1 aliphatic heterocycles. The monoisotopic (exact) mass is 422 g/mol. The highest BCUT2D eigenvalue weighted by Crippen LogP contribution is 2.24. The summed E-state index contributed by atoms with van der Waals surface area (Å²) in [6, 6.07) is 9.67. The second kappa shape index (κ2) is 9.79. The number of pyridine rings is 1. The smallest absolute Gasteiger partial charge is 0.254 e. The van der Waals surface area contributed by atoms with Gasteiger partial charge in [-0.05, 0) is 35.9 Å². The quantitative estimate of drug-likeness (QED) is 0.692. The van der Waals surface area contributed by atoms with Crippen LogP contribution in [-0.2, 0) is 10.0 Å². The molecular formula is C19H23ClN4O3S. The lowest BCUT2D eigenvalue weighted by Gasteiger charge is -2.36. The maximum Gasteiger partial charge on any atom is 0.254 e. The average Bonchev–Trinajstić information content (AvgIpc) is 2.72. The first kappa shape index (κ1) is 22.0. The van der Waals surface area contributed by atoms with Crippen molar-refractivity contribution in [3.05, 3.63) is 72.6 Å².